The van der Waals surface area contributed by atoms with Crippen molar-refractivity contribution in [3.63, 3.8) is 0 Å². The fourth-order valence-electron chi connectivity index (χ4n) is 3.61. The van der Waals surface area contributed by atoms with Crippen LogP contribution in [-0.4, -0.2) is 56.1 Å². The molecule has 6 nitrogen and oxygen atoms in total. The van der Waals surface area contributed by atoms with Crippen molar-refractivity contribution in [2.45, 2.75) is 58.0 Å². The van der Waals surface area contributed by atoms with Gasteiger partial charge < -0.3 is 15.4 Å². The third-order valence-corrected chi connectivity index (χ3v) is 5.57. The summed E-state index contributed by atoms with van der Waals surface area (Å²) < 4.78 is 4.96. The number of carbonyl (C=O) groups excluding carboxylic acids is 2. The van der Waals surface area contributed by atoms with E-state index in [-0.39, 0.29) is 17.9 Å². The standard InChI is InChI=1S/C21H33N3O3/c1-15-18(21(26)22-13-14-27-4)11-8-12-19(15)23-20(25)16(2)24(3)17-9-6-5-7-10-17/h8,11-12,16-17H,5-7,9-10,13-14H2,1-4H3,(H,22,26)(H,23,25). The molecule has 1 atom stereocenters. The Morgan fingerprint density at radius 3 is 2.63 bits per heavy atom. The van der Waals surface area contributed by atoms with E-state index in [9.17, 15) is 9.59 Å². The van der Waals surface area contributed by atoms with Gasteiger partial charge in [0.25, 0.3) is 5.91 Å². The van der Waals surface area contributed by atoms with Gasteiger partial charge in [-0.2, -0.15) is 0 Å². The van der Waals surface area contributed by atoms with E-state index in [0.717, 1.165) is 18.4 Å². The molecule has 6 heteroatoms. The molecule has 1 aliphatic rings. The van der Waals surface area contributed by atoms with E-state index in [1.54, 1.807) is 19.2 Å². The predicted molar refractivity (Wildman–Crippen MR) is 108 cm³/mol. The molecule has 0 aliphatic heterocycles. The van der Waals surface area contributed by atoms with Crippen molar-refractivity contribution in [1.29, 1.82) is 0 Å². The Hall–Kier alpha value is -1.92. The third kappa shape index (κ3) is 5.78. The van der Waals surface area contributed by atoms with Gasteiger partial charge >= 0.3 is 0 Å². The lowest BCUT2D eigenvalue weighted by molar-refractivity contribution is -0.121. The Labute approximate surface area is 162 Å². The summed E-state index contributed by atoms with van der Waals surface area (Å²) >= 11 is 0. The number of methoxy groups -OCH3 is 1. The summed E-state index contributed by atoms with van der Waals surface area (Å²) in [5.41, 5.74) is 2.02. The van der Waals surface area contributed by atoms with Gasteiger partial charge in [0.05, 0.1) is 12.6 Å². The largest absolute Gasteiger partial charge is 0.383 e. The maximum Gasteiger partial charge on any atom is 0.251 e. The molecule has 0 saturated heterocycles. The Bertz CT molecular complexity index is 642. The van der Waals surface area contributed by atoms with Crippen molar-refractivity contribution in [3.05, 3.63) is 29.3 Å². The summed E-state index contributed by atoms with van der Waals surface area (Å²) in [4.78, 5) is 27.3. The lowest BCUT2D eigenvalue weighted by Gasteiger charge is -2.34. The van der Waals surface area contributed by atoms with Gasteiger partial charge in [-0.05, 0) is 51.4 Å². The van der Waals surface area contributed by atoms with Gasteiger partial charge in [-0.25, -0.2) is 0 Å². The molecule has 1 aromatic rings. The molecule has 1 unspecified atom stereocenters. The molecule has 2 rings (SSSR count). The van der Waals surface area contributed by atoms with Crippen molar-refractivity contribution in [2.75, 3.05) is 32.6 Å². The fourth-order valence-corrected chi connectivity index (χ4v) is 3.61. The van der Waals surface area contributed by atoms with Crippen LogP contribution in [0.4, 0.5) is 5.69 Å². The van der Waals surface area contributed by atoms with Crippen LogP contribution >= 0.6 is 0 Å². The van der Waals surface area contributed by atoms with Gasteiger partial charge in [0.15, 0.2) is 0 Å². The molecular weight excluding hydrogens is 342 g/mol. The molecule has 27 heavy (non-hydrogen) atoms. The summed E-state index contributed by atoms with van der Waals surface area (Å²) in [5.74, 6) is -0.198. The molecule has 1 aliphatic carbocycles. The number of nitrogens with zero attached hydrogens (tertiary/aromatic N) is 1. The summed E-state index contributed by atoms with van der Waals surface area (Å²) in [7, 11) is 3.63. The van der Waals surface area contributed by atoms with Gasteiger partial charge in [-0.15, -0.1) is 0 Å². The topological polar surface area (TPSA) is 70.7 Å². The van der Waals surface area contributed by atoms with Gasteiger partial charge in [-0.3, -0.25) is 14.5 Å². The lowest BCUT2D eigenvalue weighted by Crippen LogP contribution is -2.46. The summed E-state index contributed by atoms with van der Waals surface area (Å²) in [6, 6.07) is 5.66. The molecule has 0 heterocycles. The average Bonchev–Trinajstić information content (AvgIpc) is 2.69. The van der Waals surface area contributed by atoms with Gasteiger partial charge in [0, 0.05) is 30.9 Å². The highest BCUT2D eigenvalue weighted by atomic mass is 16.5. The van der Waals surface area contributed by atoms with Crippen LogP contribution in [0.1, 0.15) is 54.9 Å². The molecule has 1 aromatic carbocycles. The quantitative estimate of drug-likeness (QED) is 0.686. The van der Waals surface area contributed by atoms with Crippen LogP contribution in [-0.2, 0) is 9.53 Å². The molecule has 0 bridgehead atoms. The second kappa shape index (κ2) is 10.4. The minimum absolute atomic E-state index is 0.0388. The molecule has 150 valence electrons. The molecule has 0 radical (unpaired) electrons. The minimum atomic E-state index is -0.216. The van der Waals surface area contributed by atoms with Crippen molar-refractivity contribution >= 4 is 17.5 Å². The van der Waals surface area contributed by atoms with E-state index in [1.807, 2.05) is 27.0 Å². The number of benzene rings is 1. The van der Waals surface area contributed by atoms with Crippen molar-refractivity contribution in [2.24, 2.45) is 0 Å². The number of likely N-dealkylation sites (N-methyl/N-ethyl adjacent to an activating group) is 1. The predicted octanol–water partition coefficient (Wildman–Crippen LogP) is 2.96. The molecule has 2 N–H and O–H groups in total. The van der Waals surface area contributed by atoms with Gasteiger partial charge in [0.2, 0.25) is 5.91 Å². The maximum absolute atomic E-state index is 12.8. The van der Waals surface area contributed by atoms with Crippen LogP contribution < -0.4 is 10.6 Å². The zero-order valence-electron chi connectivity index (χ0n) is 17.0. The highest BCUT2D eigenvalue weighted by molar-refractivity contribution is 6.00. The number of hydrogen-bond acceptors (Lipinski definition) is 4. The van der Waals surface area contributed by atoms with Gasteiger partial charge in [-0.1, -0.05) is 25.3 Å². The number of amides is 2. The highest BCUT2D eigenvalue weighted by Crippen LogP contribution is 2.24. The summed E-state index contributed by atoms with van der Waals surface area (Å²) in [5, 5.41) is 5.83. The van der Waals surface area contributed by atoms with Crippen LogP contribution in [0.15, 0.2) is 18.2 Å². The van der Waals surface area contributed by atoms with Crippen LogP contribution in [0, 0.1) is 6.92 Å². The Morgan fingerprint density at radius 2 is 1.96 bits per heavy atom. The Morgan fingerprint density at radius 1 is 1.26 bits per heavy atom. The maximum atomic E-state index is 12.8. The first-order valence-electron chi connectivity index (χ1n) is 9.85. The minimum Gasteiger partial charge on any atom is -0.383 e. The first-order valence-corrected chi connectivity index (χ1v) is 9.85. The van der Waals surface area contributed by atoms with E-state index in [4.69, 9.17) is 4.74 Å². The number of ether oxygens (including phenoxy) is 1. The van der Waals surface area contributed by atoms with Crippen LogP contribution in [0.25, 0.3) is 0 Å². The molecule has 1 saturated carbocycles. The SMILES string of the molecule is COCCNC(=O)c1cccc(NC(=O)C(C)N(C)C2CCCCC2)c1C. The first kappa shape index (κ1) is 21.4. The van der Waals surface area contributed by atoms with E-state index in [0.29, 0.717) is 30.4 Å². The summed E-state index contributed by atoms with van der Waals surface area (Å²) in [6.07, 6.45) is 6.09. The molecule has 2 amide bonds. The van der Waals surface area contributed by atoms with E-state index in [2.05, 4.69) is 15.5 Å². The molecule has 0 aromatic heterocycles. The van der Waals surface area contributed by atoms with Crippen molar-refractivity contribution in [3.8, 4) is 0 Å². The Balaban J connectivity index is 2.02. The zero-order valence-corrected chi connectivity index (χ0v) is 17.0. The fraction of sp³-hybridized carbons (Fsp3) is 0.619. The number of rotatable bonds is 8. The van der Waals surface area contributed by atoms with Crippen LogP contribution in [0.3, 0.4) is 0 Å². The molecule has 1 fully saturated rings. The monoisotopic (exact) mass is 375 g/mol. The van der Waals surface area contributed by atoms with E-state index in [1.165, 1.54) is 19.3 Å². The molecule has 0 spiro atoms. The number of carbonyl (C=O) groups is 2. The van der Waals surface area contributed by atoms with Gasteiger partial charge in [0.1, 0.15) is 0 Å². The first-order chi connectivity index (χ1) is 13.0. The number of anilines is 1. The lowest BCUT2D eigenvalue weighted by atomic mass is 9.93. The van der Waals surface area contributed by atoms with Crippen molar-refractivity contribution in [1.82, 2.24) is 10.2 Å². The normalized spacial score (nSPS) is 16.2. The number of hydrogen-bond donors (Lipinski definition) is 2. The van der Waals surface area contributed by atoms with Crippen LogP contribution in [0.5, 0.6) is 0 Å². The highest BCUT2D eigenvalue weighted by Gasteiger charge is 2.26. The second-order valence-electron chi connectivity index (χ2n) is 7.35. The third-order valence-electron chi connectivity index (χ3n) is 5.57. The zero-order chi connectivity index (χ0) is 19.8. The Kier molecular flexibility index (Phi) is 8.25. The second-order valence-corrected chi connectivity index (χ2v) is 7.35. The van der Waals surface area contributed by atoms with E-state index < -0.39 is 0 Å². The average molecular weight is 376 g/mol. The number of nitrogens with one attached hydrogen (secondary N) is 2. The van der Waals surface area contributed by atoms with Crippen LogP contribution in [0.2, 0.25) is 0 Å². The van der Waals surface area contributed by atoms with Crippen molar-refractivity contribution < 1.29 is 14.3 Å². The molecular formula is C21H33N3O3. The smallest absolute Gasteiger partial charge is 0.251 e. The van der Waals surface area contributed by atoms with E-state index >= 15 is 0 Å². The summed E-state index contributed by atoms with van der Waals surface area (Å²) in [6.45, 7) is 4.72.